The van der Waals surface area contributed by atoms with Crippen LogP contribution in [0.15, 0.2) is 6.07 Å². The summed E-state index contributed by atoms with van der Waals surface area (Å²) >= 11 is 0. The van der Waals surface area contributed by atoms with E-state index in [1.807, 2.05) is 6.07 Å². The number of hydrogen-bond acceptors (Lipinski definition) is 3. The Morgan fingerprint density at radius 3 is 2.68 bits per heavy atom. The molecular weight excluding hydrogens is 240 g/mol. The number of aromatic nitrogens is 2. The van der Waals surface area contributed by atoms with Crippen LogP contribution in [0, 0.1) is 5.41 Å². The molecular formula is C14H24N4O. The number of H-pyrrole nitrogens is 1. The van der Waals surface area contributed by atoms with Crippen molar-refractivity contribution in [3.8, 4) is 0 Å². The summed E-state index contributed by atoms with van der Waals surface area (Å²) in [7, 11) is 0. The van der Waals surface area contributed by atoms with Gasteiger partial charge in [-0.05, 0) is 38.3 Å². The lowest BCUT2D eigenvalue weighted by Gasteiger charge is -2.35. The first-order chi connectivity index (χ1) is 9.07. The van der Waals surface area contributed by atoms with Crippen LogP contribution in [-0.2, 0) is 4.79 Å². The Hall–Kier alpha value is -1.36. The standard InChI is InChI=1S/C14H24N4O/c1-4-14(5-7-15-8-6-14)13(19)16-12-9-11(10(2)3)17-18-12/h9-10,15H,4-8H2,1-3H3,(H2,16,17,18,19). The van der Waals surface area contributed by atoms with Crippen molar-refractivity contribution < 1.29 is 4.79 Å². The zero-order valence-corrected chi connectivity index (χ0v) is 12.0. The number of carbonyl (C=O) groups excluding carboxylic acids is 1. The number of aromatic amines is 1. The van der Waals surface area contributed by atoms with E-state index in [1.165, 1.54) is 0 Å². The van der Waals surface area contributed by atoms with Crippen molar-refractivity contribution in [3.05, 3.63) is 11.8 Å². The molecule has 1 amide bonds. The molecule has 19 heavy (non-hydrogen) atoms. The molecule has 1 aromatic rings. The fourth-order valence-corrected chi connectivity index (χ4v) is 2.59. The first-order valence-corrected chi connectivity index (χ1v) is 7.15. The molecule has 1 saturated heterocycles. The highest BCUT2D eigenvalue weighted by Crippen LogP contribution is 2.33. The second-order valence-corrected chi connectivity index (χ2v) is 5.70. The summed E-state index contributed by atoms with van der Waals surface area (Å²) in [4.78, 5) is 12.5. The highest BCUT2D eigenvalue weighted by Gasteiger charge is 2.37. The quantitative estimate of drug-likeness (QED) is 0.781. The lowest BCUT2D eigenvalue weighted by molar-refractivity contribution is -0.127. The van der Waals surface area contributed by atoms with Crippen molar-refractivity contribution in [2.75, 3.05) is 18.4 Å². The third-order valence-corrected chi connectivity index (χ3v) is 4.18. The average molecular weight is 264 g/mol. The number of carbonyl (C=O) groups is 1. The minimum absolute atomic E-state index is 0.110. The maximum atomic E-state index is 12.5. The van der Waals surface area contributed by atoms with Gasteiger partial charge in [0.05, 0.1) is 5.41 Å². The second kappa shape index (κ2) is 5.74. The Labute approximate surface area is 114 Å². The summed E-state index contributed by atoms with van der Waals surface area (Å²) in [5.74, 6) is 1.13. The van der Waals surface area contributed by atoms with E-state index in [1.54, 1.807) is 0 Å². The van der Waals surface area contributed by atoms with Gasteiger partial charge >= 0.3 is 0 Å². The Bertz CT molecular complexity index is 432. The zero-order chi connectivity index (χ0) is 13.9. The molecule has 0 atom stereocenters. The van der Waals surface area contributed by atoms with E-state index >= 15 is 0 Å². The van der Waals surface area contributed by atoms with Gasteiger partial charge in [-0.25, -0.2) is 0 Å². The molecule has 0 saturated carbocycles. The van der Waals surface area contributed by atoms with Gasteiger partial charge < -0.3 is 10.6 Å². The van der Waals surface area contributed by atoms with Crippen molar-refractivity contribution in [1.82, 2.24) is 15.5 Å². The molecule has 0 spiro atoms. The van der Waals surface area contributed by atoms with E-state index in [4.69, 9.17) is 0 Å². The molecule has 0 aromatic carbocycles. The molecule has 3 N–H and O–H groups in total. The number of piperidine rings is 1. The molecule has 2 heterocycles. The monoisotopic (exact) mass is 264 g/mol. The van der Waals surface area contributed by atoms with Crippen LogP contribution in [0.2, 0.25) is 0 Å². The maximum Gasteiger partial charge on any atom is 0.231 e. The van der Waals surface area contributed by atoms with Crippen molar-refractivity contribution in [2.24, 2.45) is 5.41 Å². The first kappa shape index (κ1) is 14.1. The van der Waals surface area contributed by atoms with Gasteiger partial charge in [0.25, 0.3) is 0 Å². The smallest absolute Gasteiger partial charge is 0.231 e. The topological polar surface area (TPSA) is 69.8 Å². The fraction of sp³-hybridized carbons (Fsp3) is 0.714. The first-order valence-electron chi connectivity index (χ1n) is 7.15. The summed E-state index contributed by atoms with van der Waals surface area (Å²) in [6, 6.07) is 1.92. The van der Waals surface area contributed by atoms with E-state index < -0.39 is 0 Å². The molecule has 106 valence electrons. The second-order valence-electron chi connectivity index (χ2n) is 5.70. The lowest BCUT2D eigenvalue weighted by atomic mass is 9.76. The maximum absolute atomic E-state index is 12.5. The summed E-state index contributed by atoms with van der Waals surface area (Å²) in [5, 5.41) is 13.4. The number of amides is 1. The molecule has 5 heteroatoms. The number of anilines is 1. The third kappa shape index (κ3) is 2.97. The van der Waals surface area contributed by atoms with E-state index in [0.717, 1.165) is 38.0 Å². The normalized spacial score (nSPS) is 18.5. The predicted molar refractivity (Wildman–Crippen MR) is 76.1 cm³/mol. The minimum Gasteiger partial charge on any atom is -0.317 e. The molecule has 1 fully saturated rings. The van der Waals surface area contributed by atoms with Crippen LogP contribution in [0.1, 0.15) is 51.6 Å². The molecule has 1 aliphatic heterocycles. The van der Waals surface area contributed by atoms with Gasteiger partial charge in [0.1, 0.15) is 0 Å². The molecule has 0 aliphatic carbocycles. The van der Waals surface area contributed by atoms with Crippen molar-refractivity contribution in [3.63, 3.8) is 0 Å². The van der Waals surface area contributed by atoms with E-state index in [0.29, 0.717) is 11.7 Å². The summed E-state index contributed by atoms with van der Waals surface area (Å²) in [5.41, 5.74) is 0.813. The van der Waals surface area contributed by atoms with Crippen LogP contribution in [0.25, 0.3) is 0 Å². The van der Waals surface area contributed by atoms with Gasteiger partial charge in [-0.15, -0.1) is 0 Å². The van der Waals surface area contributed by atoms with Crippen LogP contribution < -0.4 is 10.6 Å². The molecule has 1 aliphatic rings. The number of hydrogen-bond donors (Lipinski definition) is 3. The Morgan fingerprint density at radius 1 is 1.47 bits per heavy atom. The van der Waals surface area contributed by atoms with Crippen LogP contribution >= 0.6 is 0 Å². The Morgan fingerprint density at radius 2 is 2.16 bits per heavy atom. The van der Waals surface area contributed by atoms with Gasteiger partial charge in [0.15, 0.2) is 5.82 Å². The largest absolute Gasteiger partial charge is 0.317 e. The SMILES string of the molecule is CCC1(C(=O)Nc2cc(C(C)C)[nH]n2)CCNCC1. The molecule has 0 unspecified atom stereocenters. The number of nitrogens with one attached hydrogen (secondary N) is 3. The van der Waals surface area contributed by atoms with E-state index in [9.17, 15) is 4.79 Å². The highest BCUT2D eigenvalue weighted by molar-refractivity contribution is 5.94. The summed E-state index contributed by atoms with van der Waals surface area (Å²) in [6.07, 6.45) is 2.68. The lowest BCUT2D eigenvalue weighted by Crippen LogP contribution is -2.44. The molecule has 2 rings (SSSR count). The average Bonchev–Trinajstić information content (AvgIpc) is 2.88. The number of nitrogens with zero attached hydrogens (tertiary/aromatic N) is 1. The van der Waals surface area contributed by atoms with Gasteiger partial charge in [-0.2, -0.15) is 5.10 Å². The van der Waals surface area contributed by atoms with Crippen LogP contribution in [-0.4, -0.2) is 29.2 Å². The number of rotatable bonds is 4. The Balaban J connectivity index is 2.06. The molecule has 0 bridgehead atoms. The summed E-state index contributed by atoms with van der Waals surface area (Å²) < 4.78 is 0. The van der Waals surface area contributed by atoms with Crippen molar-refractivity contribution >= 4 is 11.7 Å². The van der Waals surface area contributed by atoms with Crippen LogP contribution in [0.4, 0.5) is 5.82 Å². The van der Waals surface area contributed by atoms with Crippen LogP contribution in [0.3, 0.4) is 0 Å². The van der Waals surface area contributed by atoms with Crippen LogP contribution in [0.5, 0.6) is 0 Å². The zero-order valence-electron chi connectivity index (χ0n) is 12.0. The van der Waals surface area contributed by atoms with E-state index in [-0.39, 0.29) is 11.3 Å². The predicted octanol–water partition coefficient (Wildman–Crippen LogP) is 2.25. The van der Waals surface area contributed by atoms with Gasteiger partial charge in [0, 0.05) is 11.8 Å². The third-order valence-electron chi connectivity index (χ3n) is 4.18. The van der Waals surface area contributed by atoms with E-state index in [2.05, 4.69) is 41.6 Å². The molecule has 1 aromatic heterocycles. The summed E-state index contributed by atoms with van der Waals surface area (Å²) in [6.45, 7) is 8.12. The Kier molecular flexibility index (Phi) is 4.24. The molecule has 5 nitrogen and oxygen atoms in total. The minimum atomic E-state index is -0.234. The van der Waals surface area contributed by atoms with Crippen molar-refractivity contribution in [2.45, 2.75) is 46.0 Å². The molecule has 0 radical (unpaired) electrons. The van der Waals surface area contributed by atoms with Crippen molar-refractivity contribution in [1.29, 1.82) is 0 Å². The van der Waals surface area contributed by atoms with Gasteiger partial charge in [-0.3, -0.25) is 9.89 Å². The van der Waals surface area contributed by atoms with Gasteiger partial charge in [-0.1, -0.05) is 20.8 Å². The van der Waals surface area contributed by atoms with Gasteiger partial charge in [0.2, 0.25) is 5.91 Å². The highest BCUT2D eigenvalue weighted by atomic mass is 16.2. The fourth-order valence-electron chi connectivity index (χ4n) is 2.59.